The molecule has 0 saturated heterocycles. The van der Waals surface area contributed by atoms with Gasteiger partial charge in [-0.05, 0) is 35.9 Å². The standard InChI is InChI=1S/C16H16FNO3/c1-20-13-5-3-4-11(8-13)10-18-12-6-7-15(17)14(9-12)16(19)21-2/h3-9,18H,10H2,1-2H3. The normalized spacial score (nSPS) is 10.0. The van der Waals surface area contributed by atoms with Gasteiger partial charge in [-0.2, -0.15) is 0 Å². The Morgan fingerprint density at radius 2 is 2.00 bits per heavy atom. The van der Waals surface area contributed by atoms with Crippen molar-refractivity contribution in [2.45, 2.75) is 6.54 Å². The van der Waals surface area contributed by atoms with Gasteiger partial charge in [0.1, 0.15) is 11.6 Å². The molecular weight excluding hydrogens is 273 g/mol. The molecule has 0 unspecified atom stereocenters. The topological polar surface area (TPSA) is 47.6 Å². The molecule has 2 aromatic carbocycles. The van der Waals surface area contributed by atoms with Crippen molar-refractivity contribution in [2.24, 2.45) is 0 Å². The zero-order valence-electron chi connectivity index (χ0n) is 11.9. The van der Waals surface area contributed by atoms with Crippen LogP contribution in [0.15, 0.2) is 42.5 Å². The van der Waals surface area contributed by atoms with E-state index < -0.39 is 11.8 Å². The van der Waals surface area contributed by atoms with Gasteiger partial charge in [0, 0.05) is 12.2 Å². The molecule has 4 nitrogen and oxygen atoms in total. The predicted octanol–water partition coefficient (Wildman–Crippen LogP) is 3.23. The SMILES string of the molecule is COC(=O)c1cc(NCc2cccc(OC)c2)ccc1F. The van der Waals surface area contributed by atoms with E-state index in [0.717, 1.165) is 11.3 Å². The van der Waals surface area contributed by atoms with E-state index >= 15 is 0 Å². The average molecular weight is 289 g/mol. The quantitative estimate of drug-likeness (QED) is 0.858. The fraction of sp³-hybridized carbons (Fsp3) is 0.188. The molecule has 0 aliphatic rings. The summed E-state index contributed by atoms with van der Waals surface area (Å²) in [6, 6.07) is 11.8. The smallest absolute Gasteiger partial charge is 0.340 e. The van der Waals surface area contributed by atoms with Crippen LogP contribution in [-0.2, 0) is 11.3 Å². The number of anilines is 1. The molecule has 1 N–H and O–H groups in total. The Kier molecular flexibility index (Phi) is 4.77. The van der Waals surface area contributed by atoms with Crippen LogP contribution in [0.1, 0.15) is 15.9 Å². The van der Waals surface area contributed by atoms with Crippen LogP contribution < -0.4 is 10.1 Å². The minimum atomic E-state index is -0.697. The first-order chi connectivity index (χ1) is 10.1. The summed E-state index contributed by atoms with van der Waals surface area (Å²) in [5.74, 6) is -0.532. The fourth-order valence-corrected chi connectivity index (χ4v) is 1.89. The first-order valence-electron chi connectivity index (χ1n) is 6.38. The largest absolute Gasteiger partial charge is 0.497 e. The first kappa shape index (κ1) is 14.8. The van der Waals surface area contributed by atoms with E-state index in [1.54, 1.807) is 13.2 Å². The van der Waals surface area contributed by atoms with Crippen LogP contribution >= 0.6 is 0 Å². The summed E-state index contributed by atoms with van der Waals surface area (Å²) >= 11 is 0. The van der Waals surface area contributed by atoms with Crippen molar-refractivity contribution in [2.75, 3.05) is 19.5 Å². The van der Waals surface area contributed by atoms with Crippen molar-refractivity contribution in [3.05, 3.63) is 59.4 Å². The number of esters is 1. The number of methoxy groups -OCH3 is 2. The van der Waals surface area contributed by atoms with E-state index in [2.05, 4.69) is 10.1 Å². The first-order valence-corrected chi connectivity index (χ1v) is 6.38. The summed E-state index contributed by atoms with van der Waals surface area (Å²) < 4.78 is 23.2. The highest BCUT2D eigenvalue weighted by molar-refractivity contribution is 5.90. The summed E-state index contributed by atoms with van der Waals surface area (Å²) in [6.45, 7) is 0.531. The molecule has 0 aliphatic carbocycles. The lowest BCUT2D eigenvalue weighted by molar-refractivity contribution is 0.0595. The Bertz CT molecular complexity index is 643. The van der Waals surface area contributed by atoms with Crippen LogP contribution in [0.25, 0.3) is 0 Å². The summed E-state index contributed by atoms with van der Waals surface area (Å²) in [5.41, 5.74) is 1.56. The van der Waals surface area contributed by atoms with Gasteiger partial charge < -0.3 is 14.8 Å². The number of rotatable bonds is 5. The third-order valence-corrected chi connectivity index (χ3v) is 3.00. The minimum Gasteiger partial charge on any atom is -0.497 e. The van der Waals surface area contributed by atoms with Crippen LogP contribution in [0.3, 0.4) is 0 Å². The molecule has 0 radical (unpaired) electrons. The maximum Gasteiger partial charge on any atom is 0.340 e. The Labute approximate surface area is 122 Å². The minimum absolute atomic E-state index is 0.0897. The third kappa shape index (κ3) is 3.72. The highest BCUT2D eigenvalue weighted by Gasteiger charge is 2.12. The van der Waals surface area contributed by atoms with Crippen LogP contribution in [0, 0.1) is 5.82 Å². The van der Waals surface area contributed by atoms with Crippen molar-refractivity contribution in [3.63, 3.8) is 0 Å². The Morgan fingerprint density at radius 1 is 1.19 bits per heavy atom. The number of hydrogen-bond acceptors (Lipinski definition) is 4. The van der Waals surface area contributed by atoms with Crippen LogP contribution in [0.2, 0.25) is 0 Å². The second-order valence-electron chi connectivity index (χ2n) is 4.39. The molecule has 2 aromatic rings. The van der Waals surface area contributed by atoms with Crippen molar-refractivity contribution < 1.29 is 18.7 Å². The van der Waals surface area contributed by atoms with Gasteiger partial charge in [-0.1, -0.05) is 12.1 Å². The third-order valence-electron chi connectivity index (χ3n) is 3.00. The van der Waals surface area contributed by atoms with E-state index in [9.17, 15) is 9.18 Å². The van der Waals surface area contributed by atoms with Crippen LogP contribution in [-0.4, -0.2) is 20.2 Å². The molecule has 2 rings (SSSR count). The van der Waals surface area contributed by atoms with E-state index in [1.165, 1.54) is 19.2 Å². The number of hydrogen-bond donors (Lipinski definition) is 1. The molecular formula is C16H16FNO3. The number of carbonyl (C=O) groups is 1. The van der Waals surface area contributed by atoms with Crippen LogP contribution in [0.5, 0.6) is 5.75 Å². The number of ether oxygens (including phenoxy) is 2. The summed E-state index contributed by atoms with van der Waals surface area (Å²) in [4.78, 5) is 11.4. The zero-order chi connectivity index (χ0) is 15.2. The van der Waals surface area contributed by atoms with Crippen molar-refractivity contribution >= 4 is 11.7 Å². The van der Waals surface area contributed by atoms with Crippen molar-refractivity contribution in [1.29, 1.82) is 0 Å². The lowest BCUT2D eigenvalue weighted by atomic mass is 10.1. The number of carbonyl (C=O) groups excluding carboxylic acids is 1. The maximum atomic E-state index is 13.5. The summed E-state index contributed by atoms with van der Waals surface area (Å²) in [6.07, 6.45) is 0. The van der Waals surface area contributed by atoms with Crippen molar-refractivity contribution in [3.8, 4) is 5.75 Å². The van der Waals surface area contributed by atoms with E-state index in [-0.39, 0.29) is 5.56 Å². The number of nitrogens with one attached hydrogen (secondary N) is 1. The molecule has 0 saturated carbocycles. The molecule has 21 heavy (non-hydrogen) atoms. The molecule has 0 aliphatic heterocycles. The highest BCUT2D eigenvalue weighted by Crippen LogP contribution is 2.18. The van der Waals surface area contributed by atoms with Gasteiger partial charge in [-0.25, -0.2) is 9.18 Å². The molecule has 110 valence electrons. The molecule has 0 fully saturated rings. The highest BCUT2D eigenvalue weighted by atomic mass is 19.1. The van der Waals surface area contributed by atoms with Gasteiger partial charge >= 0.3 is 5.97 Å². The molecule has 0 amide bonds. The molecule has 0 bridgehead atoms. The Hall–Kier alpha value is -2.56. The zero-order valence-corrected chi connectivity index (χ0v) is 11.9. The summed E-state index contributed by atoms with van der Waals surface area (Å²) in [5, 5.41) is 3.13. The van der Waals surface area contributed by atoms with E-state index in [4.69, 9.17) is 4.74 Å². The Morgan fingerprint density at radius 3 is 2.71 bits per heavy atom. The fourth-order valence-electron chi connectivity index (χ4n) is 1.89. The van der Waals surface area contributed by atoms with Gasteiger partial charge in [0.2, 0.25) is 0 Å². The second-order valence-corrected chi connectivity index (χ2v) is 4.39. The number of benzene rings is 2. The lowest BCUT2D eigenvalue weighted by Crippen LogP contribution is -2.06. The van der Waals surface area contributed by atoms with Crippen LogP contribution in [0.4, 0.5) is 10.1 Å². The molecule has 0 heterocycles. The molecule has 5 heteroatoms. The number of halogens is 1. The average Bonchev–Trinajstić information content (AvgIpc) is 2.53. The van der Waals surface area contributed by atoms with Gasteiger partial charge in [0.15, 0.2) is 0 Å². The molecule has 0 atom stereocenters. The van der Waals surface area contributed by atoms with Gasteiger partial charge in [0.05, 0.1) is 19.8 Å². The van der Waals surface area contributed by atoms with Gasteiger partial charge in [-0.3, -0.25) is 0 Å². The van der Waals surface area contributed by atoms with E-state index in [1.807, 2.05) is 24.3 Å². The van der Waals surface area contributed by atoms with E-state index in [0.29, 0.717) is 12.2 Å². The molecule has 0 spiro atoms. The second kappa shape index (κ2) is 6.74. The lowest BCUT2D eigenvalue weighted by Gasteiger charge is -2.09. The maximum absolute atomic E-state index is 13.5. The van der Waals surface area contributed by atoms with Gasteiger partial charge in [0.25, 0.3) is 0 Å². The van der Waals surface area contributed by atoms with Gasteiger partial charge in [-0.15, -0.1) is 0 Å². The summed E-state index contributed by atoms with van der Waals surface area (Å²) in [7, 11) is 2.83. The monoisotopic (exact) mass is 289 g/mol. The Balaban J connectivity index is 2.11. The molecule has 0 aromatic heterocycles. The predicted molar refractivity (Wildman–Crippen MR) is 78.1 cm³/mol. The van der Waals surface area contributed by atoms with Crippen molar-refractivity contribution in [1.82, 2.24) is 0 Å².